The first-order valence-electron chi connectivity index (χ1n) is 5.22. The Morgan fingerprint density at radius 1 is 1.50 bits per heavy atom. The van der Waals surface area contributed by atoms with Crippen LogP contribution in [0.5, 0.6) is 0 Å². The molecular weight excluding hydrogens is 237 g/mol. The van der Waals surface area contributed by atoms with Crippen LogP contribution >= 0.6 is 0 Å². The number of anilines is 1. The predicted octanol–water partition coefficient (Wildman–Crippen LogP) is 1.89. The molecule has 1 aromatic carbocycles. The number of hydrogen-bond acceptors (Lipinski definition) is 4. The highest BCUT2D eigenvalue weighted by Crippen LogP contribution is 2.27. The number of methoxy groups -OCH3 is 1. The lowest BCUT2D eigenvalue weighted by atomic mass is 10.0. The number of rotatable bonds is 2. The average molecular weight is 249 g/mol. The molecular formula is C12H12FN3O2. The molecule has 0 unspecified atom stereocenters. The molecule has 5 nitrogen and oxygen atoms in total. The van der Waals surface area contributed by atoms with Crippen molar-refractivity contribution in [3.8, 4) is 11.1 Å². The van der Waals surface area contributed by atoms with Crippen LogP contribution in [0.15, 0.2) is 18.3 Å². The van der Waals surface area contributed by atoms with E-state index in [-0.39, 0.29) is 11.1 Å². The Kier molecular flexibility index (Phi) is 3.01. The van der Waals surface area contributed by atoms with Gasteiger partial charge in [0, 0.05) is 5.56 Å². The van der Waals surface area contributed by atoms with Crippen molar-refractivity contribution in [1.82, 2.24) is 10.2 Å². The number of carbonyl (C=O) groups is 1. The summed E-state index contributed by atoms with van der Waals surface area (Å²) in [7, 11) is 1.25. The van der Waals surface area contributed by atoms with Gasteiger partial charge in [0.2, 0.25) is 0 Å². The number of aromatic amines is 1. The lowest BCUT2D eigenvalue weighted by Crippen LogP contribution is -2.06. The number of carbonyl (C=O) groups excluding carboxylic acids is 1. The van der Waals surface area contributed by atoms with Gasteiger partial charge in [-0.05, 0) is 30.2 Å². The van der Waals surface area contributed by atoms with E-state index in [4.69, 9.17) is 5.73 Å². The third-order valence-corrected chi connectivity index (χ3v) is 2.73. The van der Waals surface area contributed by atoms with Crippen LogP contribution in [-0.4, -0.2) is 23.3 Å². The van der Waals surface area contributed by atoms with E-state index in [0.29, 0.717) is 16.9 Å². The van der Waals surface area contributed by atoms with E-state index in [1.165, 1.54) is 32.4 Å². The first-order valence-corrected chi connectivity index (χ1v) is 5.22. The molecule has 0 atom stereocenters. The number of nitrogens with zero attached hydrogens (tertiary/aromatic N) is 1. The third-order valence-electron chi connectivity index (χ3n) is 2.73. The number of hydrogen-bond donors (Lipinski definition) is 2. The minimum Gasteiger partial charge on any atom is -0.465 e. The maximum absolute atomic E-state index is 13.8. The van der Waals surface area contributed by atoms with E-state index in [1.807, 2.05) is 0 Å². The number of nitrogen functional groups attached to an aromatic ring is 1. The highest BCUT2D eigenvalue weighted by atomic mass is 19.1. The van der Waals surface area contributed by atoms with Crippen LogP contribution in [0.3, 0.4) is 0 Å². The van der Waals surface area contributed by atoms with E-state index in [2.05, 4.69) is 14.9 Å². The molecule has 2 rings (SSSR count). The Morgan fingerprint density at radius 2 is 2.22 bits per heavy atom. The summed E-state index contributed by atoms with van der Waals surface area (Å²) in [5.74, 6) is -0.766. The Bertz CT molecular complexity index is 607. The topological polar surface area (TPSA) is 81.0 Å². The van der Waals surface area contributed by atoms with Crippen molar-refractivity contribution in [2.75, 3.05) is 12.8 Å². The molecule has 0 saturated heterocycles. The summed E-state index contributed by atoms with van der Waals surface area (Å²) >= 11 is 0. The number of esters is 1. The zero-order chi connectivity index (χ0) is 13.3. The van der Waals surface area contributed by atoms with Crippen LogP contribution in [0.4, 0.5) is 10.2 Å². The van der Waals surface area contributed by atoms with Gasteiger partial charge in [-0.1, -0.05) is 0 Å². The largest absolute Gasteiger partial charge is 0.465 e. The molecule has 18 heavy (non-hydrogen) atoms. The Balaban J connectivity index is 2.61. The van der Waals surface area contributed by atoms with Gasteiger partial charge >= 0.3 is 5.97 Å². The molecule has 0 bridgehead atoms. The highest BCUT2D eigenvalue weighted by molar-refractivity contribution is 5.93. The lowest BCUT2D eigenvalue weighted by molar-refractivity contribution is 0.0599. The van der Waals surface area contributed by atoms with Crippen LogP contribution < -0.4 is 5.73 Å². The second-order valence-electron chi connectivity index (χ2n) is 3.82. The van der Waals surface area contributed by atoms with Gasteiger partial charge in [0.15, 0.2) is 0 Å². The second-order valence-corrected chi connectivity index (χ2v) is 3.82. The van der Waals surface area contributed by atoms with E-state index >= 15 is 0 Å². The standard InChI is InChI=1S/C12H12FN3O2/c1-6-8(12(17)18-2)3-7(4-10(6)13)9-5-15-16-11(9)14/h3-5H,1-2H3,(H3,14,15,16). The minimum atomic E-state index is -0.588. The average Bonchev–Trinajstić information content (AvgIpc) is 2.78. The number of benzene rings is 1. The fraction of sp³-hybridized carbons (Fsp3) is 0.167. The van der Waals surface area contributed by atoms with Crippen molar-refractivity contribution < 1.29 is 13.9 Å². The Hall–Kier alpha value is -2.37. The van der Waals surface area contributed by atoms with Crippen LogP contribution in [0.25, 0.3) is 11.1 Å². The zero-order valence-corrected chi connectivity index (χ0v) is 9.95. The second kappa shape index (κ2) is 4.48. The normalized spacial score (nSPS) is 10.4. The van der Waals surface area contributed by atoms with Gasteiger partial charge < -0.3 is 10.5 Å². The Labute approximate surface area is 103 Å². The number of ether oxygens (including phenoxy) is 1. The fourth-order valence-corrected chi connectivity index (χ4v) is 1.68. The van der Waals surface area contributed by atoms with E-state index in [1.54, 1.807) is 0 Å². The summed E-state index contributed by atoms with van der Waals surface area (Å²) in [6.07, 6.45) is 1.47. The number of nitrogens with two attached hydrogens (primary N) is 1. The van der Waals surface area contributed by atoms with Crippen molar-refractivity contribution in [1.29, 1.82) is 0 Å². The van der Waals surface area contributed by atoms with E-state index < -0.39 is 11.8 Å². The molecule has 3 N–H and O–H groups in total. The molecule has 0 fully saturated rings. The summed E-state index contributed by atoms with van der Waals surface area (Å²) in [6, 6.07) is 2.84. The zero-order valence-electron chi connectivity index (χ0n) is 9.95. The number of aromatic nitrogens is 2. The fourth-order valence-electron chi connectivity index (χ4n) is 1.68. The first kappa shape index (κ1) is 12.1. The molecule has 1 aromatic heterocycles. The van der Waals surface area contributed by atoms with Crippen LogP contribution in [0.2, 0.25) is 0 Å². The molecule has 94 valence electrons. The maximum atomic E-state index is 13.8. The molecule has 0 aliphatic carbocycles. The first-order chi connectivity index (χ1) is 8.54. The molecule has 1 heterocycles. The molecule has 0 radical (unpaired) electrons. The molecule has 0 aliphatic rings. The van der Waals surface area contributed by atoms with Crippen molar-refractivity contribution in [3.63, 3.8) is 0 Å². The van der Waals surface area contributed by atoms with Gasteiger partial charge in [0.1, 0.15) is 11.6 Å². The van der Waals surface area contributed by atoms with Gasteiger partial charge in [-0.15, -0.1) is 0 Å². The smallest absolute Gasteiger partial charge is 0.338 e. The Morgan fingerprint density at radius 3 is 2.78 bits per heavy atom. The molecule has 2 aromatic rings. The van der Waals surface area contributed by atoms with Crippen molar-refractivity contribution in [2.24, 2.45) is 0 Å². The number of nitrogens with one attached hydrogen (secondary N) is 1. The van der Waals surface area contributed by atoms with Crippen molar-refractivity contribution in [3.05, 3.63) is 35.3 Å². The number of halogens is 1. The summed E-state index contributed by atoms with van der Waals surface area (Å²) in [5.41, 5.74) is 7.10. The van der Waals surface area contributed by atoms with Gasteiger partial charge in [-0.2, -0.15) is 5.10 Å². The highest BCUT2D eigenvalue weighted by Gasteiger charge is 2.16. The molecule has 0 amide bonds. The molecule has 6 heteroatoms. The SMILES string of the molecule is COC(=O)c1cc(-c2cn[nH]c2N)cc(F)c1C. The van der Waals surface area contributed by atoms with Gasteiger partial charge in [-0.3, -0.25) is 5.10 Å². The predicted molar refractivity (Wildman–Crippen MR) is 64.5 cm³/mol. The monoisotopic (exact) mass is 249 g/mol. The quantitative estimate of drug-likeness (QED) is 0.796. The van der Waals surface area contributed by atoms with E-state index in [9.17, 15) is 9.18 Å². The summed E-state index contributed by atoms with van der Waals surface area (Å²) in [6.45, 7) is 1.52. The van der Waals surface area contributed by atoms with Crippen LogP contribution in [0, 0.1) is 12.7 Å². The van der Waals surface area contributed by atoms with Crippen molar-refractivity contribution >= 4 is 11.8 Å². The minimum absolute atomic E-state index is 0.174. The van der Waals surface area contributed by atoms with E-state index in [0.717, 1.165) is 0 Å². The number of H-pyrrole nitrogens is 1. The maximum Gasteiger partial charge on any atom is 0.338 e. The van der Waals surface area contributed by atoms with Crippen LogP contribution in [-0.2, 0) is 4.74 Å². The van der Waals surface area contributed by atoms with Gasteiger partial charge in [0.25, 0.3) is 0 Å². The lowest BCUT2D eigenvalue weighted by Gasteiger charge is -2.08. The van der Waals surface area contributed by atoms with Crippen molar-refractivity contribution in [2.45, 2.75) is 6.92 Å². The summed E-state index contributed by atoms with van der Waals surface area (Å²) < 4.78 is 18.4. The molecule has 0 aliphatic heterocycles. The summed E-state index contributed by atoms with van der Waals surface area (Å²) in [4.78, 5) is 11.5. The van der Waals surface area contributed by atoms with Crippen LogP contribution in [0.1, 0.15) is 15.9 Å². The molecule has 0 saturated carbocycles. The summed E-state index contributed by atoms with van der Waals surface area (Å²) in [5, 5.41) is 6.31. The molecule has 0 spiro atoms. The van der Waals surface area contributed by atoms with Gasteiger partial charge in [0.05, 0.1) is 18.9 Å². The third kappa shape index (κ3) is 1.92. The van der Waals surface area contributed by atoms with Gasteiger partial charge in [-0.25, -0.2) is 9.18 Å².